The first kappa shape index (κ1) is 15.3. The van der Waals surface area contributed by atoms with Crippen molar-refractivity contribution < 1.29 is 0 Å². The second kappa shape index (κ2) is 5.89. The molecule has 3 unspecified atom stereocenters. The van der Waals surface area contributed by atoms with Gasteiger partial charge in [0.05, 0.1) is 0 Å². The van der Waals surface area contributed by atoms with Crippen LogP contribution in [0, 0.1) is 11.8 Å². The molecule has 0 amide bonds. The molecule has 1 heterocycles. The highest BCUT2D eigenvalue weighted by molar-refractivity contribution is 5.25. The molecule has 0 spiro atoms. The van der Waals surface area contributed by atoms with E-state index in [0.717, 1.165) is 19.3 Å². The van der Waals surface area contributed by atoms with Crippen LogP contribution >= 0.6 is 0 Å². The van der Waals surface area contributed by atoms with E-state index in [1.165, 1.54) is 34.8 Å². The third-order valence-electron chi connectivity index (χ3n) is 5.46. The zero-order valence-electron chi connectivity index (χ0n) is 13.8. The van der Waals surface area contributed by atoms with Crippen LogP contribution in [0.1, 0.15) is 51.0 Å². The lowest BCUT2D eigenvalue weighted by Crippen LogP contribution is -2.48. The lowest BCUT2D eigenvalue weighted by molar-refractivity contribution is 0.102. The summed E-state index contributed by atoms with van der Waals surface area (Å²) in [5.41, 5.74) is -0.608. The number of hydrogen-bond donors (Lipinski definition) is 0. The molecule has 3 rings (SSSR count). The van der Waals surface area contributed by atoms with Gasteiger partial charge in [-0.25, -0.2) is 14.2 Å². The Kier molecular flexibility index (Phi) is 4.10. The highest BCUT2D eigenvalue weighted by Crippen LogP contribution is 2.45. The molecule has 1 aromatic heterocycles. The Morgan fingerprint density at radius 1 is 1.05 bits per heavy atom. The summed E-state index contributed by atoms with van der Waals surface area (Å²) < 4.78 is 2.93. The van der Waals surface area contributed by atoms with Crippen molar-refractivity contribution in [3.05, 3.63) is 21.0 Å². The van der Waals surface area contributed by atoms with Crippen LogP contribution in [0.5, 0.6) is 0 Å². The maximum absolute atomic E-state index is 12.7. The predicted octanol–water partition coefficient (Wildman–Crippen LogP) is 1.54. The topological polar surface area (TPSA) is 60.1 Å². The fourth-order valence-corrected chi connectivity index (χ4v) is 4.45. The Bertz CT molecular complexity index is 659. The monoisotopic (exact) mass is 306 g/mol. The van der Waals surface area contributed by atoms with Gasteiger partial charge in [0, 0.05) is 27.2 Å². The molecule has 6 heteroatoms. The van der Waals surface area contributed by atoms with Crippen LogP contribution in [0.15, 0.2) is 9.59 Å². The van der Waals surface area contributed by atoms with Crippen LogP contribution in [-0.4, -0.2) is 28.2 Å². The van der Waals surface area contributed by atoms with Gasteiger partial charge in [0.25, 0.3) is 0 Å². The minimum absolute atomic E-state index is 0.0361. The van der Waals surface area contributed by atoms with Gasteiger partial charge in [-0.3, -0.25) is 4.57 Å². The summed E-state index contributed by atoms with van der Waals surface area (Å²) >= 11 is 0. The average Bonchev–Trinajstić information content (AvgIpc) is 2.51. The molecule has 122 valence electrons. The molecule has 1 aromatic rings. The van der Waals surface area contributed by atoms with E-state index in [1.807, 2.05) is 0 Å². The van der Waals surface area contributed by atoms with Crippen LogP contribution in [-0.2, 0) is 7.05 Å². The normalized spacial score (nSPS) is 28.2. The van der Waals surface area contributed by atoms with Crippen molar-refractivity contribution in [2.24, 2.45) is 18.9 Å². The first-order valence-electron chi connectivity index (χ1n) is 8.37. The van der Waals surface area contributed by atoms with Crippen molar-refractivity contribution >= 4 is 5.95 Å². The van der Waals surface area contributed by atoms with Gasteiger partial charge in [-0.1, -0.05) is 32.1 Å². The lowest BCUT2D eigenvalue weighted by atomic mass is 9.68. The van der Waals surface area contributed by atoms with Crippen LogP contribution in [0.3, 0.4) is 0 Å². The van der Waals surface area contributed by atoms with Gasteiger partial charge in [0.2, 0.25) is 5.95 Å². The van der Waals surface area contributed by atoms with E-state index in [2.05, 4.69) is 4.98 Å². The molecule has 6 nitrogen and oxygen atoms in total. The fourth-order valence-electron chi connectivity index (χ4n) is 4.45. The Morgan fingerprint density at radius 3 is 2.45 bits per heavy atom. The summed E-state index contributed by atoms with van der Waals surface area (Å²) in [4.78, 5) is 31.1. The molecule has 3 atom stereocenters. The van der Waals surface area contributed by atoms with Gasteiger partial charge in [-0.15, -0.1) is 0 Å². The van der Waals surface area contributed by atoms with Gasteiger partial charge in [-0.05, 0) is 24.7 Å². The molecule has 0 saturated heterocycles. The van der Waals surface area contributed by atoms with Gasteiger partial charge in [0.1, 0.15) is 0 Å². The Hall–Kier alpha value is -1.59. The standard InChI is InChI=1S/C16H26N4O2/c1-18(2)14-17-15(21)20(16(22)19(14)3)13-10-6-8-11-7-4-5-9-12(11)13/h11-13H,4-10H2,1-3H3. The second-order valence-electron chi connectivity index (χ2n) is 7.01. The molecule has 2 saturated carbocycles. The molecule has 22 heavy (non-hydrogen) atoms. The number of aromatic nitrogens is 3. The summed E-state index contributed by atoms with van der Waals surface area (Å²) in [5.74, 6) is 1.57. The maximum Gasteiger partial charge on any atom is 0.355 e. The van der Waals surface area contributed by atoms with E-state index < -0.39 is 0 Å². The second-order valence-corrected chi connectivity index (χ2v) is 7.01. The molecule has 0 aliphatic heterocycles. The Morgan fingerprint density at radius 2 is 1.73 bits per heavy atom. The Balaban J connectivity index is 2.06. The summed E-state index contributed by atoms with van der Waals surface area (Å²) in [6.07, 6.45) is 8.18. The lowest BCUT2D eigenvalue weighted by Gasteiger charge is -2.41. The molecule has 0 N–H and O–H groups in total. The zero-order valence-corrected chi connectivity index (χ0v) is 13.8. The number of fused-ring (bicyclic) bond motifs is 1. The minimum atomic E-state index is -0.386. The first-order valence-corrected chi connectivity index (χ1v) is 8.37. The van der Waals surface area contributed by atoms with Crippen LogP contribution in [0.2, 0.25) is 0 Å². The SMILES string of the molecule is CN(C)c1nc(=O)n(C2CCCC3CCCCC32)c(=O)n1C. The van der Waals surface area contributed by atoms with Gasteiger partial charge < -0.3 is 4.90 Å². The van der Waals surface area contributed by atoms with Crippen LogP contribution in [0.25, 0.3) is 0 Å². The van der Waals surface area contributed by atoms with E-state index in [1.54, 1.807) is 26.0 Å². The number of hydrogen-bond acceptors (Lipinski definition) is 4. The van der Waals surface area contributed by atoms with Crippen molar-refractivity contribution in [2.45, 2.75) is 51.0 Å². The van der Waals surface area contributed by atoms with E-state index >= 15 is 0 Å². The van der Waals surface area contributed by atoms with E-state index in [0.29, 0.717) is 17.8 Å². The highest BCUT2D eigenvalue weighted by Gasteiger charge is 2.37. The zero-order chi connectivity index (χ0) is 15.9. The van der Waals surface area contributed by atoms with Crippen molar-refractivity contribution in [3.63, 3.8) is 0 Å². The van der Waals surface area contributed by atoms with E-state index in [-0.39, 0.29) is 17.4 Å². The number of rotatable bonds is 2. The van der Waals surface area contributed by atoms with Crippen molar-refractivity contribution in [3.8, 4) is 0 Å². The molecular weight excluding hydrogens is 280 g/mol. The summed E-state index contributed by atoms with van der Waals surface area (Å²) in [6.45, 7) is 0. The first-order chi connectivity index (χ1) is 10.5. The van der Waals surface area contributed by atoms with Crippen LogP contribution in [0.4, 0.5) is 5.95 Å². The third-order valence-corrected chi connectivity index (χ3v) is 5.46. The smallest absolute Gasteiger partial charge is 0.348 e. The molecule has 0 radical (unpaired) electrons. The molecule has 0 bridgehead atoms. The summed E-state index contributed by atoms with van der Waals surface area (Å²) in [5, 5.41) is 0. The van der Waals surface area contributed by atoms with Gasteiger partial charge in [-0.2, -0.15) is 4.98 Å². The quantitative estimate of drug-likeness (QED) is 0.831. The number of anilines is 1. The van der Waals surface area contributed by atoms with Gasteiger partial charge in [0.15, 0.2) is 0 Å². The molecule has 2 aliphatic carbocycles. The van der Waals surface area contributed by atoms with Crippen molar-refractivity contribution in [1.82, 2.24) is 14.1 Å². The molecule has 0 aromatic carbocycles. The Labute approximate surface area is 130 Å². The van der Waals surface area contributed by atoms with Crippen molar-refractivity contribution in [2.75, 3.05) is 19.0 Å². The summed E-state index contributed by atoms with van der Waals surface area (Å²) in [7, 11) is 5.29. The largest absolute Gasteiger partial charge is 0.355 e. The molecule has 2 fully saturated rings. The van der Waals surface area contributed by atoms with E-state index in [4.69, 9.17) is 0 Å². The average molecular weight is 306 g/mol. The van der Waals surface area contributed by atoms with Gasteiger partial charge >= 0.3 is 11.4 Å². The molecule has 2 aliphatic rings. The summed E-state index contributed by atoms with van der Waals surface area (Å²) in [6, 6.07) is 0.0361. The fraction of sp³-hybridized carbons (Fsp3) is 0.812. The molecular formula is C16H26N4O2. The third kappa shape index (κ3) is 2.48. The highest BCUT2D eigenvalue weighted by atomic mass is 16.2. The van der Waals surface area contributed by atoms with Crippen molar-refractivity contribution in [1.29, 1.82) is 0 Å². The predicted molar refractivity (Wildman–Crippen MR) is 86.4 cm³/mol. The van der Waals surface area contributed by atoms with E-state index in [9.17, 15) is 9.59 Å². The minimum Gasteiger partial charge on any atom is -0.348 e. The van der Waals surface area contributed by atoms with Crippen LogP contribution < -0.4 is 16.3 Å². The maximum atomic E-state index is 12.7. The number of nitrogens with zero attached hydrogens (tertiary/aromatic N) is 4.